The van der Waals surface area contributed by atoms with Crippen LogP contribution in [0.1, 0.15) is 36.7 Å². The van der Waals surface area contributed by atoms with Gasteiger partial charge in [0, 0.05) is 29.4 Å². The highest BCUT2D eigenvalue weighted by Crippen LogP contribution is 2.29. The first-order valence-electron chi connectivity index (χ1n) is 4.81. The number of ether oxygens (including phenoxy) is 1. The number of pyridine rings is 1. The lowest BCUT2D eigenvalue weighted by Gasteiger charge is -2.08. The summed E-state index contributed by atoms with van der Waals surface area (Å²) in [5, 5.41) is 0. The SMILES string of the molecule is Cc1nc(C(C)C)cc2c1CCO2. The van der Waals surface area contributed by atoms with E-state index in [0.29, 0.717) is 5.92 Å². The van der Waals surface area contributed by atoms with Crippen molar-refractivity contribution in [1.29, 1.82) is 0 Å². The van der Waals surface area contributed by atoms with Gasteiger partial charge in [-0.25, -0.2) is 0 Å². The van der Waals surface area contributed by atoms with Crippen molar-refractivity contribution in [2.45, 2.75) is 33.1 Å². The van der Waals surface area contributed by atoms with Crippen LogP contribution in [0.25, 0.3) is 0 Å². The molecule has 2 rings (SSSR count). The molecule has 0 spiro atoms. The van der Waals surface area contributed by atoms with Crippen LogP contribution < -0.4 is 4.74 Å². The molecule has 0 radical (unpaired) electrons. The van der Waals surface area contributed by atoms with Gasteiger partial charge in [0.05, 0.1) is 6.61 Å². The normalized spacial score (nSPS) is 14.5. The maximum atomic E-state index is 5.53. The zero-order valence-corrected chi connectivity index (χ0v) is 8.42. The summed E-state index contributed by atoms with van der Waals surface area (Å²) in [7, 11) is 0. The summed E-state index contributed by atoms with van der Waals surface area (Å²) in [5.41, 5.74) is 3.57. The Morgan fingerprint density at radius 1 is 1.46 bits per heavy atom. The van der Waals surface area contributed by atoms with E-state index in [-0.39, 0.29) is 0 Å². The lowest BCUT2D eigenvalue weighted by molar-refractivity contribution is 0.356. The summed E-state index contributed by atoms with van der Waals surface area (Å²) in [6.45, 7) is 7.20. The summed E-state index contributed by atoms with van der Waals surface area (Å²) in [4.78, 5) is 4.56. The van der Waals surface area contributed by atoms with E-state index in [2.05, 4.69) is 31.8 Å². The Morgan fingerprint density at radius 3 is 2.92 bits per heavy atom. The molecule has 0 aliphatic carbocycles. The number of aryl methyl sites for hydroxylation is 1. The Balaban J connectivity index is 2.49. The first-order valence-corrected chi connectivity index (χ1v) is 4.81. The van der Waals surface area contributed by atoms with Crippen LogP contribution in [0.4, 0.5) is 0 Å². The second-order valence-electron chi connectivity index (χ2n) is 3.86. The smallest absolute Gasteiger partial charge is 0.126 e. The molecule has 0 atom stereocenters. The molecule has 1 aromatic rings. The van der Waals surface area contributed by atoms with Crippen LogP contribution in [0, 0.1) is 6.92 Å². The maximum Gasteiger partial charge on any atom is 0.126 e. The van der Waals surface area contributed by atoms with Crippen molar-refractivity contribution < 1.29 is 4.74 Å². The number of hydrogen-bond acceptors (Lipinski definition) is 2. The fourth-order valence-corrected chi connectivity index (χ4v) is 1.68. The molecule has 1 aliphatic rings. The molecule has 0 saturated carbocycles. The van der Waals surface area contributed by atoms with Crippen molar-refractivity contribution in [3.8, 4) is 5.75 Å². The van der Waals surface area contributed by atoms with Crippen molar-refractivity contribution in [1.82, 2.24) is 4.98 Å². The van der Waals surface area contributed by atoms with Gasteiger partial charge < -0.3 is 4.74 Å². The molecule has 0 amide bonds. The molecule has 0 fully saturated rings. The van der Waals surface area contributed by atoms with Gasteiger partial charge in [-0.05, 0) is 12.8 Å². The molecule has 0 N–H and O–H groups in total. The molecule has 1 aromatic heterocycles. The Morgan fingerprint density at radius 2 is 2.23 bits per heavy atom. The van der Waals surface area contributed by atoms with Gasteiger partial charge in [-0.3, -0.25) is 4.98 Å². The predicted molar refractivity (Wildman–Crippen MR) is 52.3 cm³/mol. The molecule has 1 aliphatic heterocycles. The summed E-state index contributed by atoms with van der Waals surface area (Å²) < 4.78 is 5.53. The van der Waals surface area contributed by atoms with Crippen LogP contribution in [-0.2, 0) is 6.42 Å². The summed E-state index contributed by atoms with van der Waals surface area (Å²) in [6.07, 6.45) is 1.02. The molecule has 0 bridgehead atoms. The van der Waals surface area contributed by atoms with Crippen LogP contribution in [0.2, 0.25) is 0 Å². The average Bonchev–Trinajstić information content (AvgIpc) is 2.51. The van der Waals surface area contributed by atoms with E-state index >= 15 is 0 Å². The Kier molecular flexibility index (Phi) is 1.98. The van der Waals surface area contributed by atoms with Gasteiger partial charge in [-0.1, -0.05) is 13.8 Å². The van der Waals surface area contributed by atoms with E-state index in [4.69, 9.17) is 4.74 Å². The third-order valence-electron chi connectivity index (χ3n) is 2.51. The Hall–Kier alpha value is -1.05. The van der Waals surface area contributed by atoms with Gasteiger partial charge >= 0.3 is 0 Å². The molecule has 0 saturated heterocycles. The number of hydrogen-bond donors (Lipinski definition) is 0. The van der Waals surface area contributed by atoms with Gasteiger partial charge in [0.25, 0.3) is 0 Å². The molecule has 2 heterocycles. The first-order chi connectivity index (χ1) is 6.18. The minimum atomic E-state index is 0.480. The third kappa shape index (κ3) is 1.41. The summed E-state index contributed by atoms with van der Waals surface area (Å²) in [5.74, 6) is 1.53. The van der Waals surface area contributed by atoms with E-state index in [1.54, 1.807) is 0 Å². The van der Waals surface area contributed by atoms with Gasteiger partial charge in [0.2, 0.25) is 0 Å². The predicted octanol–water partition coefficient (Wildman–Crippen LogP) is 2.45. The molecule has 13 heavy (non-hydrogen) atoms. The summed E-state index contributed by atoms with van der Waals surface area (Å²) in [6, 6.07) is 2.08. The number of rotatable bonds is 1. The van der Waals surface area contributed by atoms with E-state index in [1.807, 2.05) is 0 Å². The van der Waals surface area contributed by atoms with Gasteiger partial charge in [0.15, 0.2) is 0 Å². The lowest BCUT2D eigenvalue weighted by atomic mass is 10.1. The highest BCUT2D eigenvalue weighted by Gasteiger charge is 2.17. The largest absolute Gasteiger partial charge is 0.493 e. The lowest BCUT2D eigenvalue weighted by Crippen LogP contribution is -1.97. The van der Waals surface area contributed by atoms with Crippen LogP contribution in [0.3, 0.4) is 0 Å². The van der Waals surface area contributed by atoms with Gasteiger partial charge in [-0.2, -0.15) is 0 Å². The molecular weight excluding hydrogens is 162 g/mol. The second-order valence-corrected chi connectivity index (χ2v) is 3.86. The maximum absolute atomic E-state index is 5.53. The van der Waals surface area contributed by atoms with E-state index < -0.39 is 0 Å². The van der Waals surface area contributed by atoms with Crippen molar-refractivity contribution in [2.75, 3.05) is 6.61 Å². The number of fused-ring (bicyclic) bond motifs is 1. The Labute approximate surface area is 78.9 Å². The molecule has 0 aromatic carbocycles. The zero-order chi connectivity index (χ0) is 9.42. The van der Waals surface area contributed by atoms with E-state index in [9.17, 15) is 0 Å². The Bertz CT molecular complexity index is 331. The minimum absolute atomic E-state index is 0.480. The molecule has 2 heteroatoms. The number of aromatic nitrogens is 1. The van der Waals surface area contributed by atoms with Crippen LogP contribution >= 0.6 is 0 Å². The van der Waals surface area contributed by atoms with Crippen molar-refractivity contribution in [2.24, 2.45) is 0 Å². The minimum Gasteiger partial charge on any atom is -0.493 e. The second kappa shape index (κ2) is 3.02. The topological polar surface area (TPSA) is 22.1 Å². The molecule has 2 nitrogen and oxygen atoms in total. The van der Waals surface area contributed by atoms with Gasteiger partial charge in [-0.15, -0.1) is 0 Å². The van der Waals surface area contributed by atoms with E-state index in [0.717, 1.165) is 30.2 Å². The molecule has 70 valence electrons. The molecule has 0 unspecified atom stereocenters. The van der Waals surface area contributed by atoms with Crippen LogP contribution in [-0.4, -0.2) is 11.6 Å². The highest BCUT2D eigenvalue weighted by molar-refractivity contribution is 5.41. The average molecular weight is 177 g/mol. The quantitative estimate of drug-likeness (QED) is 0.657. The standard InChI is InChI=1S/C11H15NO/c1-7(2)10-6-11-9(4-5-13-11)8(3)12-10/h6-7H,4-5H2,1-3H3. The summed E-state index contributed by atoms with van der Waals surface area (Å²) >= 11 is 0. The number of nitrogens with zero attached hydrogens (tertiary/aromatic N) is 1. The first kappa shape index (κ1) is 8.54. The third-order valence-corrected chi connectivity index (χ3v) is 2.51. The monoisotopic (exact) mass is 177 g/mol. The van der Waals surface area contributed by atoms with Crippen molar-refractivity contribution >= 4 is 0 Å². The van der Waals surface area contributed by atoms with E-state index in [1.165, 1.54) is 5.56 Å². The van der Waals surface area contributed by atoms with Crippen LogP contribution in [0.15, 0.2) is 6.07 Å². The molecular formula is C11H15NO. The fourth-order valence-electron chi connectivity index (χ4n) is 1.68. The van der Waals surface area contributed by atoms with Crippen molar-refractivity contribution in [3.05, 3.63) is 23.0 Å². The van der Waals surface area contributed by atoms with Crippen molar-refractivity contribution in [3.63, 3.8) is 0 Å². The van der Waals surface area contributed by atoms with Crippen LogP contribution in [0.5, 0.6) is 5.75 Å². The van der Waals surface area contributed by atoms with Gasteiger partial charge in [0.1, 0.15) is 5.75 Å². The zero-order valence-electron chi connectivity index (χ0n) is 8.42. The highest BCUT2D eigenvalue weighted by atomic mass is 16.5. The fraction of sp³-hybridized carbons (Fsp3) is 0.545.